The summed E-state index contributed by atoms with van der Waals surface area (Å²) in [4.78, 5) is 0. The highest BCUT2D eigenvalue weighted by Crippen LogP contribution is 2.80. The minimum absolute atomic E-state index is 0.0115. The summed E-state index contributed by atoms with van der Waals surface area (Å²) in [6, 6.07) is 1.96. The Hall–Kier alpha value is -0.880. The van der Waals surface area contributed by atoms with Crippen LogP contribution in [0.5, 0.6) is 0 Å². The van der Waals surface area contributed by atoms with Crippen LogP contribution in [0.3, 0.4) is 0 Å². The average Bonchev–Trinajstić information content (AvgIpc) is 3.17. The average molecular weight is 346 g/mol. The van der Waals surface area contributed by atoms with E-state index >= 15 is 0 Å². The molecule has 3 saturated heterocycles. The fourth-order valence-electron chi connectivity index (χ4n) is 7.43. The molecule has 2 saturated carbocycles. The number of rotatable bonds is 1. The van der Waals surface area contributed by atoms with Gasteiger partial charge in [0.05, 0.1) is 42.4 Å². The molecule has 2 spiro atoms. The predicted molar refractivity (Wildman–Crippen MR) is 87.6 cm³/mol. The highest BCUT2D eigenvalue weighted by molar-refractivity contribution is 5.37. The molecule has 0 radical (unpaired) electrons. The molecular weight excluding hydrogens is 320 g/mol. The molecule has 136 valence electrons. The van der Waals surface area contributed by atoms with Crippen LogP contribution >= 0.6 is 0 Å². The smallest absolute Gasteiger partial charge is 0.199 e. The Morgan fingerprint density at radius 1 is 1.28 bits per heavy atom. The molecule has 0 aromatic carbocycles. The van der Waals surface area contributed by atoms with Gasteiger partial charge in [0.1, 0.15) is 5.60 Å². The molecule has 0 amide bonds. The van der Waals surface area contributed by atoms with E-state index in [-0.39, 0.29) is 22.5 Å². The van der Waals surface area contributed by atoms with Crippen LogP contribution in [0.4, 0.5) is 0 Å². The first kappa shape index (κ1) is 15.2. The molecule has 25 heavy (non-hydrogen) atoms. The fraction of sp³-hybridized carbons (Fsp3) is 0.800. The third kappa shape index (κ3) is 1.24. The van der Waals surface area contributed by atoms with Crippen molar-refractivity contribution in [2.75, 3.05) is 6.61 Å². The molecule has 1 unspecified atom stereocenters. The van der Waals surface area contributed by atoms with Gasteiger partial charge in [-0.1, -0.05) is 13.8 Å². The van der Waals surface area contributed by atoms with Gasteiger partial charge >= 0.3 is 0 Å². The van der Waals surface area contributed by atoms with Crippen molar-refractivity contribution in [1.29, 1.82) is 0 Å². The maximum absolute atomic E-state index is 10.8. The van der Waals surface area contributed by atoms with E-state index < -0.39 is 17.5 Å². The molecule has 1 aromatic heterocycles. The van der Waals surface area contributed by atoms with Gasteiger partial charge in [0.25, 0.3) is 0 Å². The number of hydrogen-bond donors (Lipinski definition) is 1. The minimum Gasteiger partial charge on any atom is -0.472 e. The van der Waals surface area contributed by atoms with Gasteiger partial charge in [-0.25, -0.2) is 0 Å². The Bertz CT molecular complexity index is 747. The van der Waals surface area contributed by atoms with Crippen LogP contribution in [-0.4, -0.2) is 35.1 Å². The zero-order valence-corrected chi connectivity index (χ0v) is 15.1. The lowest BCUT2D eigenvalue weighted by molar-refractivity contribution is -0.493. The Labute approximate surface area is 147 Å². The molecule has 2 aliphatic carbocycles. The van der Waals surface area contributed by atoms with Crippen molar-refractivity contribution in [2.24, 2.45) is 16.7 Å². The molecule has 4 heterocycles. The van der Waals surface area contributed by atoms with Gasteiger partial charge in [-0.2, -0.15) is 0 Å². The maximum atomic E-state index is 10.8. The normalized spacial score (nSPS) is 61.5. The quantitative estimate of drug-likeness (QED) is 0.847. The van der Waals surface area contributed by atoms with E-state index in [0.717, 1.165) is 31.2 Å². The van der Waals surface area contributed by atoms with Gasteiger partial charge in [-0.3, -0.25) is 0 Å². The maximum Gasteiger partial charge on any atom is 0.199 e. The largest absolute Gasteiger partial charge is 0.472 e. The fourth-order valence-corrected chi connectivity index (χ4v) is 7.43. The van der Waals surface area contributed by atoms with Crippen molar-refractivity contribution >= 4 is 0 Å². The molecule has 6 rings (SSSR count). The Morgan fingerprint density at radius 2 is 2.12 bits per heavy atom. The molecule has 2 bridgehead atoms. The Kier molecular flexibility index (Phi) is 2.44. The van der Waals surface area contributed by atoms with Crippen molar-refractivity contribution < 1.29 is 23.7 Å². The van der Waals surface area contributed by atoms with Crippen LogP contribution in [0.25, 0.3) is 0 Å². The summed E-state index contributed by atoms with van der Waals surface area (Å²) in [6.45, 7) is 7.36. The number of ether oxygens (including phenoxy) is 3. The van der Waals surface area contributed by atoms with Crippen molar-refractivity contribution in [3.05, 3.63) is 24.2 Å². The zero-order chi connectivity index (χ0) is 17.3. The number of aliphatic hydroxyl groups is 1. The second kappa shape index (κ2) is 4.01. The van der Waals surface area contributed by atoms with Crippen molar-refractivity contribution in [1.82, 2.24) is 0 Å². The first-order valence-corrected chi connectivity index (χ1v) is 9.56. The summed E-state index contributed by atoms with van der Waals surface area (Å²) in [5.41, 5.74) is -0.191. The summed E-state index contributed by atoms with van der Waals surface area (Å²) in [7, 11) is 0. The van der Waals surface area contributed by atoms with Gasteiger partial charge in [0.2, 0.25) is 0 Å². The number of aliphatic hydroxyl groups excluding tert-OH is 1. The van der Waals surface area contributed by atoms with E-state index in [0.29, 0.717) is 12.5 Å². The van der Waals surface area contributed by atoms with Crippen molar-refractivity contribution in [2.45, 2.75) is 75.7 Å². The van der Waals surface area contributed by atoms with Crippen molar-refractivity contribution in [3.63, 3.8) is 0 Å². The molecule has 1 N–H and O–H groups in total. The summed E-state index contributed by atoms with van der Waals surface area (Å²) >= 11 is 0. The second-order valence-electron chi connectivity index (χ2n) is 9.45. The summed E-state index contributed by atoms with van der Waals surface area (Å²) in [5, 5.41) is 10.8. The van der Waals surface area contributed by atoms with E-state index in [9.17, 15) is 5.11 Å². The molecule has 5 aliphatic rings. The topological polar surface area (TPSA) is 61.1 Å². The zero-order valence-electron chi connectivity index (χ0n) is 15.1. The molecule has 5 nitrogen and oxygen atoms in total. The summed E-state index contributed by atoms with van der Waals surface area (Å²) < 4.78 is 25.2. The lowest BCUT2D eigenvalue weighted by atomic mass is 9.37. The van der Waals surface area contributed by atoms with Crippen molar-refractivity contribution in [3.8, 4) is 0 Å². The first-order chi connectivity index (χ1) is 11.8. The third-order valence-electron chi connectivity index (χ3n) is 8.96. The van der Waals surface area contributed by atoms with Gasteiger partial charge in [0.15, 0.2) is 5.79 Å². The standard InChI is InChI=1S/C20H26O5/c1-12-8-15-18-11-23-19(13-5-7-22-9-13)10-16(12,2)20(18,25-19)6-4-14(21)17(18,3)24-15/h5,7,9,12,14-15,21H,4,6,8,10-11H2,1-3H3/t12-,14-,15+,16+,17-,18-,19+,20?/m0/s1. The van der Waals surface area contributed by atoms with Gasteiger partial charge in [-0.05, 0) is 38.2 Å². The number of hydrogen-bond acceptors (Lipinski definition) is 5. The Balaban J connectivity index is 1.60. The number of fused-ring (bicyclic) bond motifs is 1. The van der Waals surface area contributed by atoms with E-state index in [1.165, 1.54) is 0 Å². The summed E-state index contributed by atoms with van der Waals surface area (Å²) in [6.07, 6.45) is 6.53. The number of furan rings is 1. The van der Waals surface area contributed by atoms with Crippen LogP contribution in [0.2, 0.25) is 0 Å². The van der Waals surface area contributed by atoms with Crippen LogP contribution < -0.4 is 0 Å². The molecule has 3 aliphatic heterocycles. The molecule has 1 aromatic rings. The SMILES string of the molecule is C[C@H]1C[C@H]2O[C@@]3(C)[C@@H](O)CCC45O[C@@](c6ccoc6)(C[C@]14C)OC[C@@]253. The lowest BCUT2D eigenvalue weighted by Crippen LogP contribution is -2.89. The summed E-state index contributed by atoms with van der Waals surface area (Å²) in [5.74, 6) is -0.254. The van der Waals surface area contributed by atoms with E-state index in [2.05, 4.69) is 20.8 Å². The van der Waals surface area contributed by atoms with Gasteiger partial charge < -0.3 is 23.7 Å². The van der Waals surface area contributed by atoms with Gasteiger partial charge in [-0.15, -0.1) is 0 Å². The van der Waals surface area contributed by atoms with Crippen LogP contribution in [0.15, 0.2) is 23.0 Å². The highest BCUT2D eigenvalue weighted by Gasteiger charge is 2.89. The van der Waals surface area contributed by atoms with E-state index in [1.54, 1.807) is 12.5 Å². The van der Waals surface area contributed by atoms with E-state index in [4.69, 9.17) is 18.6 Å². The molecule has 5 fully saturated rings. The minimum atomic E-state index is -0.727. The molecular formula is C20H26O5. The van der Waals surface area contributed by atoms with Gasteiger partial charge in [0, 0.05) is 17.4 Å². The monoisotopic (exact) mass is 346 g/mol. The molecule has 5 heteroatoms. The highest BCUT2D eigenvalue weighted by atomic mass is 16.7. The third-order valence-corrected chi connectivity index (χ3v) is 8.96. The van der Waals surface area contributed by atoms with Crippen LogP contribution in [0.1, 0.15) is 52.0 Å². The predicted octanol–water partition coefficient (Wildman–Crippen LogP) is 2.97. The van der Waals surface area contributed by atoms with Crippen LogP contribution in [0, 0.1) is 16.7 Å². The first-order valence-electron chi connectivity index (χ1n) is 9.56. The molecule has 8 atom stereocenters. The van der Waals surface area contributed by atoms with E-state index in [1.807, 2.05) is 6.07 Å². The Morgan fingerprint density at radius 3 is 2.88 bits per heavy atom. The second-order valence-corrected chi connectivity index (χ2v) is 9.45. The lowest BCUT2D eigenvalue weighted by Gasteiger charge is -2.78. The van der Waals surface area contributed by atoms with Crippen LogP contribution in [-0.2, 0) is 20.0 Å².